The number of amides is 1. The smallest absolute Gasteiger partial charge is 0.236 e. The van der Waals surface area contributed by atoms with E-state index >= 15 is 0 Å². The summed E-state index contributed by atoms with van der Waals surface area (Å²) in [4.78, 5) is 17.9. The molecule has 2 rings (SSSR count). The molecular formula is C11H18N4O2. The highest BCUT2D eigenvalue weighted by atomic mass is 16.5. The highest BCUT2D eigenvalue weighted by Gasteiger charge is 2.27. The first-order valence-electron chi connectivity index (χ1n) is 5.93. The summed E-state index contributed by atoms with van der Waals surface area (Å²) in [5.74, 6) is 1.66. The zero-order valence-electron chi connectivity index (χ0n) is 10.3. The van der Waals surface area contributed by atoms with Crippen molar-refractivity contribution in [1.29, 1.82) is 0 Å². The topological polar surface area (TPSA) is 71.3 Å². The number of likely N-dealkylation sites (N-methyl/N-ethyl adjacent to an activating group) is 1. The lowest BCUT2D eigenvalue weighted by molar-refractivity contribution is -0.131. The predicted octanol–water partition coefficient (Wildman–Crippen LogP) is 0.303. The zero-order chi connectivity index (χ0) is 12.3. The van der Waals surface area contributed by atoms with E-state index in [4.69, 9.17) is 4.52 Å². The first-order valence-corrected chi connectivity index (χ1v) is 5.93. The van der Waals surface area contributed by atoms with E-state index in [1.165, 1.54) is 0 Å². The van der Waals surface area contributed by atoms with Gasteiger partial charge in [-0.1, -0.05) is 5.16 Å². The number of rotatable bonds is 3. The van der Waals surface area contributed by atoms with E-state index in [1.54, 1.807) is 14.0 Å². The molecule has 1 aliphatic rings. The fraction of sp³-hybridized carbons (Fsp3) is 0.727. The van der Waals surface area contributed by atoms with Crippen LogP contribution in [0.1, 0.15) is 30.5 Å². The third kappa shape index (κ3) is 2.82. The number of piperidine rings is 1. The fourth-order valence-corrected chi connectivity index (χ4v) is 2.16. The Morgan fingerprint density at radius 3 is 3.12 bits per heavy atom. The van der Waals surface area contributed by atoms with Gasteiger partial charge in [-0.2, -0.15) is 4.98 Å². The number of carbonyl (C=O) groups excluding carboxylic acids is 1. The number of hydrogen-bond acceptors (Lipinski definition) is 5. The molecule has 0 aliphatic carbocycles. The summed E-state index contributed by atoms with van der Waals surface area (Å²) >= 11 is 0. The summed E-state index contributed by atoms with van der Waals surface area (Å²) in [6.07, 6.45) is 2.01. The number of nitrogens with one attached hydrogen (secondary N) is 1. The minimum absolute atomic E-state index is 0.136. The standard InChI is InChI=1S/C11H18N4O2/c1-8-13-11(14-17-8)9-4-3-5-15(7-9)10(16)6-12-2/h9,12H,3-7H2,1-2H3/t9-/m1/s1. The number of likely N-dealkylation sites (tertiary alicyclic amines) is 1. The molecule has 94 valence electrons. The molecule has 0 spiro atoms. The van der Waals surface area contributed by atoms with Crippen molar-refractivity contribution in [3.8, 4) is 0 Å². The van der Waals surface area contributed by atoms with Crippen molar-refractivity contribution in [1.82, 2.24) is 20.4 Å². The van der Waals surface area contributed by atoms with Crippen LogP contribution in [0.25, 0.3) is 0 Å². The molecule has 1 aromatic rings. The molecule has 1 N–H and O–H groups in total. The average Bonchev–Trinajstić information content (AvgIpc) is 2.76. The van der Waals surface area contributed by atoms with E-state index in [-0.39, 0.29) is 11.8 Å². The maximum atomic E-state index is 11.8. The Bertz CT molecular complexity index is 391. The monoisotopic (exact) mass is 238 g/mol. The van der Waals surface area contributed by atoms with E-state index in [0.29, 0.717) is 19.0 Å². The van der Waals surface area contributed by atoms with Gasteiger partial charge in [-0.25, -0.2) is 0 Å². The van der Waals surface area contributed by atoms with Crippen LogP contribution in [0.2, 0.25) is 0 Å². The van der Waals surface area contributed by atoms with Crippen molar-refractivity contribution in [2.45, 2.75) is 25.7 Å². The predicted molar refractivity (Wildman–Crippen MR) is 61.5 cm³/mol. The molecule has 6 nitrogen and oxygen atoms in total. The Kier molecular flexibility index (Phi) is 3.73. The summed E-state index contributed by atoms with van der Waals surface area (Å²) in [5.41, 5.74) is 0. The fourth-order valence-electron chi connectivity index (χ4n) is 2.16. The Morgan fingerprint density at radius 2 is 2.47 bits per heavy atom. The van der Waals surface area contributed by atoms with Crippen LogP contribution in [-0.2, 0) is 4.79 Å². The SMILES string of the molecule is CNCC(=O)N1CCC[C@@H](c2noc(C)n2)C1. The van der Waals surface area contributed by atoms with Gasteiger partial charge in [0.15, 0.2) is 5.82 Å². The van der Waals surface area contributed by atoms with Gasteiger partial charge in [0.2, 0.25) is 11.8 Å². The number of hydrogen-bond donors (Lipinski definition) is 1. The minimum Gasteiger partial charge on any atom is -0.341 e. The second-order valence-corrected chi connectivity index (χ2v) is 4.38. The van der Waals surface area contributed by atoms with Crippen LogP contribution < -0.4 is 5.32 Å². The lowest BCUT2D eigenvalue weighted by Gasteiger charge is -2.31. The Labute approximate surface area is 100 Å². The largest absolute Gasteiger partial charge is 0.341 e. The maximum Gasteiger partial charge on any atom is 0.236 e. The molecule has 1 aliphatic heterocycles. The van der Waals surface area contributed by atoms with Gasteiger partial charge in [-0.05, 0) is 19.9 Å². The van der Waals surface area contributed by atoms with Gasteiger partial charge in [0.1, 0.15) is 0 Å². The second kappa shape index (κ2) is 5.27. The lowest BCUT2D eigenvalue weighted by Crippen LogP contribution is -2.43. The summed E-state index contributed by atoms with van der Waals surface area (Å²) < 4.78 is 4.98. The molecule has 1 saturated heterocycles. The summed E-state index contributed by atoms with van der Waals surface area (Å²) in [6, 6.07) is 0. The van der Waals surface area contributed by atoms with Crippen LogP contribution in [0.4, 0.5) is 0 Å². The van der Waals surface area contributed by atoms with Crippen molar-refractivity contribution in [2.24, 2.45) is 0 Å². The Hall–Kier alpha value is -1.43. The van der Waals surface area contributed by atoms with Crippen LogP contribution in [0.15, 0.2) is 4.52 Å². The van der Waals surface area contributed by atoms with E-state index in [9.17, 15) is 4.79 Å². The van der Waals surface area contributed by atoms with Crippen molar-refractivity contribution in [2.75, 3.05) is 26.7 Å². The Morgan fingerprint density at radius 1 is 1.65 bits per heavy atom. The molecule has 1 fully saturated rings. The van der Waals surface area contributed by atoms with Gasteiger partial charge >= 0.3 is 0 Å². The van der Waals surface area contributed by atoms with Gasteiger partial charge in [-0.15, -0.1) is 0 Å². The first-order chi connectivity index (χ1) is 8.20. The van der Waals surface area contributed by atoms with E-state index < -0.39 is 0 Å². The lowest BCUT2D eigenvalue weighted by atomic mass is 9.97. The van der Waals surface area contributed by atoms with E-state index in [1.807, 2.05) is 4.90 Å². The second-order valence-electron chi connectivity index (χ2n) is 4.38. The van der Waals surface area contributed by atoms with Crippen molar-refractivity contribution in [3.63, 3.8) is 0 Å². The third-order valence-electron chi connectivity index (χ3n) is 3.01. The molecule has 0 radical (unpaired) electrons. The summed E-state index contributed by atoms with van der Waals surface area (Å²) in [5, 5.41) is 6.82. The summed E-state index contributed by atoms with van der Waals surface area (Å²) in [6.45, 7) is 3.69. The molecule has 0 unspecified atom stereocenters. The van der Waals surface area contributed by atoms with Crippen molar-refractivity contribution in [3.05, 3.63) is 11.7 Å². The Balaban J connectivity index is 1.99. The van der Waals surface area contributed by atoms with Crippen molar-refractivity contribution < 1.29 is 9.32 Å². The van der Waals surface area contributed by atoms with Gasteiger partial charge in [0.05, 0.1) is 6.54 Å². The zero-order valence-corrected chi connectivity index (χ0v) is 10.3. The number of carbonyl (C=O) groups is 1. The van der Waals surface area contributed by atoms with Crippen LogP contribution in [0.3, 0.4) is 0 Å². The third-order valence-corrected chi connectivity index (χ3v) is 3.01. The number of aryl methyl sites for hydroxylation is 1. The minimum atomic E-state index is 0.136. The highest BCUT2D eigenvalue weighted by molar-refractivity contribution is 5.78. The quantitative estimate of drug-likeness (QED) is 0.820. The highest BCUT2D eigenvalue weighted by Crippen LogP contribution is 2.24. The molecule has 1 aromatic heterocycles. The summed E-state index contributed by atoms with van der Waals surface area (Å²) in [7, 11) is 1.78. The van der Waals surface area contributed by atoms with Gasteiger partial charge in [-0.3, -0.25) is 4.79 Å². The van der Waals surface area contributed by atoms with Crippen LogP contribution in [0.5, 0.6) is 0 Å². The molecule has 0 aromatic carbocycles. The number of aromatic nitrogens is 2. The molecular weight excluding hydrogens is 220 g/mol. The molecule has 1 amide bonds. The van der Waals surface area contributed by atoms with Crippen LogP contribution >= 0.6 is 0 Å². The van der Waals surface area contributed by atoms with E-state index in [0.717, 1.165) is 25.2 Å². The molecule has 1 atom stereocenters. The number of nitrogens with zero attached hydrogens (tertiary/aromatic N) is 3. The average molecular weight is 238 g/mol. The van der Waals surface area contributed by atoms with Gasteiger partial charge in [0, 0.05) is 25.9 Å². The van der Waals surface area contributed by atoms with Gasteiger partial charge in [0.25, 0.3) is 0 Å². The molecule has 2 heterocycles. The van der Waals surface area contributed by atoms with Crippen molar-refractivity contribution >= 4 is 5.91 Å². The first kappa shape index (κ1) is 12.0. The molecule has 0 saturated carbocycles. The normalized spacial score (nSPS) is 20.6. The van der Waals surface area contributed by atoms with Crippen LogP contribution in [0, 0.1) is 6.92 Å². The van der Waals surface area contributed by atoms with Crippen LogP contribution in [-0.4, -0.2) is 47.6 Å². The maximum absolute atomic E-state index is 11.8. The molecule has 0 bridgehead atoms. The van der Waals surface area contributed by atoms with E-state index in [2.05, 4.69) is 15.5 Å². The molecule has 17 heavy (non-hydrogen) atoms. The van der Waals surface area contributed by atoms with Gasteiger partial charge < -0.3 is 14.7 Å². The molecule has 6 heteroatoms.